The number of anilines is 1. The lowest BCUT2D eigenvalue weighted by Crippen LogP contribution is -2.52. The van der Waals surface area contributed by atoms with E-state index in [1.54, 1.807) is 29.7 Å². The molecule has 1 aliphatic heterocycles. The van der Waals surface area contributed by atoms with E-state index >= 15 is 0 Å². The highest BCUT2D eigenvalue weighted by molar-refractivity contribution is 6.30. The summed E-state index contributed by atoms with van der Waals surface area (Å²) in [5, 5.41) is 12.0. The van der Waals surface area contributed by atoms with Crippen molar-refractivity contribution in [2.45, 2.75) is 0 Å². The maximum absolute atomic E-state index is 11.9. The molecule has 0 saturated carbocycles. The number of nitrogens with one attached hydrogen (secondary N) is 2. The molecule has 3 N–H and O–H groups in total. The Morgan fingerprint density at radius 1 is 1.14 bits per heavy atom. The summed E-state index contributed by atoms with van der Waals surface area (Å²) in [4.78, 5) is 26.6. The third-order valence-corrected chi connectivity index (χ3v) is 3.50. The molecule has 7 nitrogen and oxygen atoms in total. The predicted octanol–water partition coefficient (Wildman–Crippen LogP) is 0.995. The third kappa shape index (κ3) is 4.59. The first-order valence-electron chi connectivity index (χ1n) is 6.55. The number of hydroxylamine groups is 1. The molecule has 0 atom stereocenters. The number of piperazine rings is 1. The van der Waals surface area contributed by atoms with E-state index in [1.165, 1.54) is 4.90 Å². The normalized spacial score (nSPS) is 15.6. The van der Waals surface area contributed by atoms with Crippen LogP contribution in [0.15, 0.2) is 24.3 Å². The molecule has 2 rings (SSSR count). The summed E-state index contributed by atoms with van der Waals surface area (Å²) < 4.78 is 0. The number of benzene rings is 1. The summed E-state index contributed by atoms with van der Waals surface area (Å²) in [6.45, 7) is 2.38. The topological polar surface area (TPSA) is 84.9 Å². The largest absolute Gasteiger partial charge is 0.341 e. The van der Waals surface area contributed by atoms with Gasteiger partial charge in [-0.3, -0.25) is 14.9 Å². The van der Waals surface area contributed by atoms with E-state index in [1.807, 2.05) is 4.90 Å². The first-order valence-corrected chi connectivity index (χ1v) is 6.93. The van der Waals surface area contributed by atoms with Crippen molar-refractivity contribution < 1.29 is 14.8 Å². The lowest BCUT2D eigenvalue weighted by atomic mass is 10.3. The zero-order valence-corrected chi connectivity index (χ0v) is 12.1. The second kappa shape index (κ2) is 7.26. The Hall–Kier alpha value is -1.83. The van der Waals surface area contributed by atoms with Crippen LogP contribution in [0.25, 0.3) is 0 Å². The number of urea groups is 1. The molecule has 1 aromatic carbocycles. The van der Waals surface area contributed by atoms with Crippen LogP contribution in [0.4, 0.5) is 10.5 Å². The van der Waals surface area contributed by atoms with Gasteiger partial charge in [0.05, 0.1) is 6.54 Å². The number of hydrogen-bond donors (Lipinski definition) is 3. The molecule has 3 amide bonds. The van der Waals surface area contributed by atoms with Crippen molar-refractivity contribution in [3.05, 3.63) is 29.3 Å². The number of amides is 3. The highest BCUT2D eigenvalue weighted by atomic mass is 35.5. The van der Waals surface area contributed by atoms with Gasteiger partial charge in [-0.2, -0.15) is 0 Å². The van der Waals surface area contributed by atoms with Gasteiger partial charge in [-0.05, 0) is 24.3 Å². The molecule has 1 fully saturated rings. The quantitative estimate of drug-likeness (QED) is 0.574. The summed E-state index contributed by atoms with van der Waals surface area (Å²) in [5.74, 6) is -0.114. The van der Waals surface area contributed by atoms with Crippen LogP contribution in [-0.2, 0) is 4.79 Å². The van der Waals surface area contributed by atoms with Crippen LogP contribution >= 0.6 is 11.6 Å². The third-order valence-electron chi connectivity index (χ3n) is 3.25. The SMILES string of the molecule is O=C(CN1CCN(C(=O)NO)CC1)Nc1ccc(Cl)cc1. The Bertz CT molecular complexity index is 501. The number of rotatable bonds is 3. The Kier molecular flexibility index (Phi) is 5.38. The van der Waals surface area contributed by atoms with Gasteiger partial charge in [-0.1, -0.05) is 11.6 Å². The summed E-state index contributed by atoms with van der Waals surface area (Å²) in [7, 11) is 0. The number of halogens is 1. The fourth-order valence-corrected chi connectivity index (χ4v) is 2.24. The highest BCUT2D eigenvalue weighted by Crippen LogP contribution is 2.13. The molecule has 1 heterocycles. The molecule has 1 aromatic rings. The fraction of sp³-hybridized carbons (Fsp3) is 0.385. The Labute approximate surface area is 127 Å². The summed E-state index contributed by atoms with van der Waals surface area (Å²) in [6, 6.07) is 6.39. The molecule has 0 radical (unpaired) electrons. The average Bonchev–Trinajstić information content (AvgIpc) is 2.49. The van der Waals surface area contributed by atoms with Gasteiger partial charge in [-0.25, -0.2) is 10.3 Å². The molecular formula is C13H17ClN4O3. The molecule has 0 aromatic heterocycles. The van der Waals surface area contributed by atoms with Crippen LogP contribution in [0, 0.1) is 0 Å². The van der Waals surface area contributed by atoms with Crippen molar-refractivity contribution in [2.75, 3.05) is 38.0 Å². The van der Waals surface area contributed by atoms with Gasteiger partial charge in [0.25, 0.3) is 0 Å². The molecule has 8 heteroatoms. The van der Waals surface area contributed by atoms with E-state index < -0.39 is 6.03 Å². The van der Waals surface area contributed by atoms with Gasteiger partial charge in [-0.15, -0.1) is 0 Å². The van der Waals surface area contributed by atoms with Crippen molar-refractivity contribution >= 4 is 29.2 Å². The monoisotopic (exact) mass is 312 g/mol. The average molecular weight is 313 g/mol. The standard InChI is InChI=1S/C13H17ClN4O3/c14-10-1-3-11(4-2-10)15-12(19)9-17-5-7-18(8-6-17)13(20)16-21/h1-4,21H,5-9H2,(H,15,19)(H,16,20). The van der Waals surface area contributed by atoms with Gasteiger partial charge in [0, 0.05) is 36.9 Å². The van der Waals surface area contributed by atoms with Crippen molar-refractivity contribution in [3.8, 4) is 0 Å². The number of nitrogens with zero attached hydrogens (tertiary/aromatic N) is 2. The predicted molar refractivity (Wildman–Crippen MR) is 78.4 cm³/mol. The zero-order chi connectivity index (χ0) is 15.2. The maximum atomic E-state index is 11.9. The molecule has 1 saturated heterocycles. The van der Waals surface area contributed by atoms with Gasteiger partial charge in [0.1, 0.15) is 0 Å². The lowest BCUT2D eigenvalue weighted by Gasteiger charge is -2.33. The van der Waals surface area contributed by atoms with Gasteiger partial charge < -0.3 is 10.2 Å². The van der Waals surface area contributed by atoms with Crippen molar-refractivity contribution in [3.63, 3.8) is 0 Å². The van der Waals surface area contributed by atoms with Crippen LogP contribution in [-0.4, -0.2) is 59.7 Å². The van der Waals surface area contributed by atoms with Crippen LogP contribution in [0.1, 0.15) is 0 Å². The number of carbonyl (C=O) groups excluding carboxylic acids is 2. The molecule has 21 heavy (non-hydrogen) atoms. The summed E-state index contributed by atoms with van der Waals surface area (Å²) >= 11 is 5.78. The zero-order valence-electron chi connectivity index (χ0n) is 11.4. The lowest BCUT2D eigenvalue weighted by molar-refractivity contribution is -0.117. The first kappa shape index (κ1) is 15.6. The van der Waals surface area contributed by atoms with Crippen LogP contribution in [0.2, 0.25) is 5.02 Å². The van der Waals surface area contributed by atoms with E-state index in [2.05, 4.69) is 5.32 Å². The van der Waals surface area contributed by atoms with Gasteiger partial charge >= 0.3 is 6.03 Å². The Balaban J connectivity index is 1.76. The van der Waals surface area contributed by atoms with E-state index in [-0.39, 0.29) is 12.5 Å². The number of hydrogen-bond acceptors (Lipinski definition) is 4. The van der Waals surface area contributed by atoms with Gasteiger partial charge in [0.2, 0.25) is 5.91 Å². The van der Waals surface area contributed by atoms with Crippen molar-refractivity contribution in [2.24, 2.45) is 0 Å². The molecular weight excluding hydrogens is 296 g/mol. The minimum absolute atomic E-state index is 0.114. The Morgan fingerprint density at radius 3 is 2.33 bits per heavy atom. The summed E-state index contributed by atoms with van der Waals surface area (Å²) in [6.07, 6.45) is 0. The second-order valence-corrected chi connectivity index (χ2v) is 5.17. The van der Waals surface area contributed by atoms with Gasteiger partial charge in [0.15, 0.2) is 0 Å². The van der Waals surface area contributed by atoms with Crippen molar-refractivity contribution in [1.29, 1.82) is 0 Å². The van der Waals surface area contributed by atoms with E-state index in [9.17, 15) is 9.59 Å². The highest BCUT2D eigenvalue weighted by Gasteiger charge is 2.21. The number of carbonyl (C=O) groups is 2. The molecule has 0 spiro atoms. The molecule has 0 aliphatic carbocycles. The maximum Gasteiger partial charge on any atom is 0.341 e. The minimum atomic E-state index is -0.514. The van der Waals surface area contributed by atoms with Crippen LogP contribution in [0.5, 0.6) is 0 Å². The molecule has 114 valence electrons. The Morgan fingerprint density at radius 2 is 1.76 bits per heavy atom. The molecule has 0 unspecified atom stereocenters. The molecule has 0 bridgehead atoms. The summed E-state index contributed by atoms with van der Waals surface area (Å²) in [5.41, 5.74) is 2.30. The van der Waals surface area contributed by atoms with Crippen LogP contribution in [0.3, 0.4) is 0 Å². The minimum Gasteiger partial charge on any atom is -0.325 e. The van der Waals surface area contributed by atoms with Crippen LogP contribution < -0.4 is 10.8 Å². The van der Waals surface area contributed by atoms with Crippen molar-refractivity contribution in [1.82, 2.24) is 15.3 Å². The van der Waals surface area contributed by atoms with E-state index in [0.29, 0.717) is 36.9 Å². The second-order valence-electron chi connectivity index (χ2n) is 4.74. The smallest absolute Gasteiger partial charge is 0.325 e. The van der Waals surface area contributed by atoms with E-state index in [4.69, 9.17) is 16.8 Å². The van der Waals surface area contributed by atoms with E-state index in [0.717, 1.165) is 0 Å². The fourth-order valence-electron chi connectivity index (χ4n) is 2.12. The molecule has 1 aliphatic rings. The first-order chi connectivity index (χ1) is 10.1.